The molecule has 4 nitrogen and oxygen atoms in total. The van der Waals surface area contributed by atoms with Crippen molar-refractivity contribution < 1.29 is 4.79 Å². The van der Waals surface area contributed by atoms with Crippen molar-refractivity contribution in [1.29, 1.82) is 0 Å². The van der Waals surface area contributed by atoms with Gasteiger partial charge in [-0.2, -0.15) is 0 Å². The zero-order valence-electron chi connectivity index (χ0n) is 12.0. The first-order valence-corrected chi connectivity index (χ1v) is 7.44. The van der Waals surface area contributed by atoms with Crippen LogP contribution in [-0.4, -0.2) is 38.5 Å². The lowest BCUT2D eigenvalue weighted by atomic mass is 10.1. The van der Waals surface area contributed by atoms with Gasteiger partial charge in [-0.15, -0.1) is 0 Å². The van der Waals surface area contributed by atoms with Crippen molar-refractivity contribution in [2.45, 2.75) is 51.9 Å². The van der Waals surface area contributed by atoms with Crippen LogP contribution in [0, 0.1) is 0 Å². The van der Waals surface area contributed by atoms with Gasteiger partial charge < -0.3 is 16.4 Å². The maximum absolute atomic E-state index is 11.3. The van der Waals surface area contributed by atoms with Gasteiger partial charge in [0.15, 0.2) is 0 Å². The molecule has 0 aromatic rings. The van der Waals surface area contributed by atoms with Crippen LogP contribution in [0.25, 0.3) is 0 Å². The van der Waals surface area contributed by atoms with Crippen LogP contribution in [0.1, 0.15) is 51.9 Å². The van der Waals surface area contributed by atoms with Crippen LogP contribution in [0.2, 0.25) is 0 Å². The Balaban J connectivity index is 3.01. The van der Waals surface area contributed by atoms with Crippen molar-refractivity contribution in [3.05, 3.63) is 0 Å². The van der Waals surface area contributed by atoms with Crippen LogP contribution in [0.3, 0.4) is 0 Å². The molecule has 4 heteroatoms. The number of ketones is 1. The van der Waals surface area contributed by atoms with E-state index in [0.717, 1.165) is 58.4 Å². The van der Waals surface area contributed by atoms with Gasteiger partial charge in [-0.3, -0.25) is 4.79 Å². The highest BCUT2D eigenvalue weighted by Crippen LogP contribution is 1.97. The first-order chi connectivity index (χ1) is 8.81. The first-order valence-electron chi connectivity index (χ1n) is 7.44. The van der Waals surface area contributed by atoms with Crippen molar-refractivity contribution in [2.24, 2.45) is 5.73 Å². The number of rotatable bonds is 14. The second-order valence-electron chi connectivity index (χ2n) is 4.74. The first kappa shape index (κ1) is 17.6. The molecule has 0 amide bonds. The summed E-state index contributed by atoms with van der Waals surface area (Å²) >= 11 is 0. The van der Waals surface area contributed by atoms with Gasteiger partial charge in [-0.25, -0.2) is 0 Å². The molecule has 18 heavy (non-hydrogen) atoms. The fraction of sp³-hybridized carbons (Fsp3) is 0.929. The van der Waals surface area contributed by atoms with E-state index < -0.39 is 0 Å². The molecule has 0 spiro atoms. The van der Waals surface area contributed by atoms with Crippen LogP contribution in [0.4, 0.5) is 0 Å². The van der Waals surface area contributed by atoms with Gasteiger partial charge in [0.25, 0.3) is 0 Å². The Hall–Kier alpha value is -0.450. The molecule has 0 heterocycles. The molecule has 0 aromatic heterocycles. The highest BCUT2D eigenvalue weighted by atomic mass is 16.1. The van der Waals surface area contributed by atoms with Crippen molar-refractivity contribution in [1.82, 2.24) is 10.6 Å². The molecule has 0 aromatic carbocycles. The lowest BCUT2D eigenvalue weighted by Crippen LogP contribution is -2.23. The van der Waals surface area contributed by atoms with E-state index in [9.17, 15) is 4.79 Å². The maximum atomic E-state index is 11.3. The number of carbonyl (C=O) groups is 1. The number of nitrogens with two attached hydrogens (primary N) is 1. The topological polar surface area (TPSA) is 67.2 Å². The number of nitrogens with one attached hydrogen (secondary N) is 2. The van der Waals surface area contributed by atoms with E-state index >= 15 is 0 Å². The third kappa shape index (κ3) is 13.6. The lowest BCUT2D eigenvalue weighted by Gasteiger charge is -2.05. The molecule has 0 radical (unpaired) electrons. The van der Waals surface area contributed by atoms with Crippen LogP contribution < -0.4 is 16.4 Å². The Morgan fingerprint density at radius 2 is 1.50 bits per heavy atom. The van der Waals surface area contributed by atoms with Gasteiger partial charge in [0.2, 0.25) is 0 Å². The largest absolute Gasteiger partial charge is 0.329 e. The van der Waals surface area contributed by atoms with E-state index in [1.54, 1.807) is 0 Å². The van der Waals surface area contributed by atoms with E-state index in [1.165, 1.54) is 19.3 Å². The van der Waals surface area contributed by atoms with Gasteiger partial charge in [-0.1, -0.05) is 13.3 Å². The van der Waals surface area contributed by atoms with E-state index in [1.807, 2.05) is 0 Å². The fourth-order valence-corrected chi connectivity index (χ4v) is 1.84. The molecule has 108 valence electrons. The highest BCUT2D eigenvalue weighted by Gasteiger charge is 1.98. The average Bonchev–Trinajstić information content (AvgIpc) is 2.36. The van der Waals surface area contributed by atoms with E-state index in [4.69, 9.17) is 5.73 Å². The molecule has 0 aliphatic rings. The summed E-state index contributed by atoms with van der Waals surface area (Å²) in [4.78, 5) is 11.3. The van der Waals surface area contributed by atoms with E-state index in [-0.39, 0.29) is 0 Å². The summed E-state index contributed by atoms with van der Waals surface area (Å²) in [6, 6.07) is 0. The van der Waals surface area contributed by atoms with Crippen molar-refractivity contribution in [3.8, 4) is 0 Å². The van der Waals surface area contributed by atoms with Crippen LogP contribution in [0.5, 0.6) is 0 Å². The zero-order chi connectivity index (χ0) is 13.5. The molecular weight excluding hydrogens is 226 g/mol. The number of carbonyl (C=O) groups excluding carboxylic acids is 1. The lowest BCUT2D eigenvalue weighted by molar-refractivity contribution is -0.119. The quantitative estimate of drug-likeness (QED) is 0.412. The molecule has 0 aliphatic carbocycles. The number of unbranched alkanes of at least 4 members (excludes halogenated alkanes) is 2. The van der Waals surface area contributed by atoms with Gasteiger partial charge in [0.1, 0.15) is 5.78 Å². The Labute approximate surface area is 112 Å². The van der Waals surface area contributed by atoms with Gasteiger partial charge in [-0.05, 0) is 45.3 Å². The molecule has 0 aliphatic heterocycles. The summed E-state index contributed by atoms with van der Waals surface area (Å²) in [6.45, 7) is 6.81. The minimum Gasteiger partial charge on any atom is -0.329 e. The van der Waals surface area contributed by atoms with Crippen molar-refractivity contribution in [2.75, 3.05) is 32.7 Å². The molecule has 0 saturated carbocycles. The molecular formula is C14H31N3O. The third-order valence-electron chi connectivity index (χ3n) is 2.87. The Bertz CT molecular complexity index is 186. The average molecular weight is 257 g/mol. The van der Waals surface area contributed by atoms with Gasteiger partial charge in [0, 0.05) is 25.9 Å². The summed E-state index contributed by atoms with van der Waals surface area (Å²) in [6.07, 6.45) is 7.13. The summed E-state index contributed by atoms with van der Waals surface area (Å²) in [5.74, 6) is 0.408. The Kier molecular flexibility index (Phi) is 14.2. The second kappa shape index (κ2) is 14.6. The minimum atomic E-state index is 0.408. The SMILES string of the molecule is CCCC(=O)CCCNCCCCCNCCN. The number of hydrogen-bond donors (Lipinski definition) is 3. The Morgan fingerprint density at radius 3 is 2.11 bits per heavy atom. The monoisotopic (exact) mass is 257 g/mol. The molecule has 0 bridgehead atoms. The van der Waals surface area contributed by atoms with Gasteiger partial charge >= 0.3 is 0 Å². The van der Waals surface area contributed by atoms with Crippen molar-refractivity contribution in [3.63, 3.8) is 0 Å². The highest BCUT2D eigenvalue weighted by molar-refractivity contribution is 5.78. The summed E-state index contributed by atoms with van der Waals surface area (Å²) < 4.78 is 0. The van der Waals surface area contributed by atoms with Crippen molar-refractivity contribution >= 4 is 5.78 Å². The molecule has 0 rings (SSSR count). The molecule has 4 N–H and O–H groups in total. The molecule has 0 unspecified atom stereocenters. The maximum Gasteiger partial charge on any atom is 0.132 e. The van der Waals surface area contributed by atoms with Crippen LogP contribution in [0.15, 0.2) is 0 Å². The van der Waals surface area contributed by atoms with E-state index in [2.05, 4.69) is 17.6 Å². The fourth-order valence-electron chi connectivity index (χ4n) is 1.84. The molecule has 0 atom stereocenters. The standard InChI is InChI=1S/C14H31N3O/c1-2-7-14(18)8-6-12-16-10-4-3-5-11-17-13-9-15/h16-17H,2-13,15H2,1H3. The third-order valence-corrected chi connectivity index (χ3v) is 2.87. The summed E-state index contributed by atoms with van der Waals surface area (Å²) in [7, 11) is 0. The predicted molar refractivity (Wildman–Crippen MR) is 77.8 cm³/mol. The molecule has 0 saturated heterocycles. The number of hydrogen-bond acceptors (Lipinski definition) is 4. The van der Waals surface area contributed by atoms with Gasteiger partial charge in [0.05, 0.1) is 0 Å². The smallest absolute Gasteiger partial charge is 0.132 e. The van der Waals surface area contributed by atoms with Crippen LogP contribution in [-0.2, 0) is 4.79 Å². The Morgan fingerprint density at radius 1 is 0.889 bits per heavy atom. The summed E-state index contributed by atoms with van der Waals surface area (Å²) in [5.41, 5.74) is 5.38. The normalized spacial score (nSPS) is 10.8. The van der Waals surface area contributed by atoms with E-state index in [0.29, 0.717) is 5.78 Å². The number of Topliss-reactive ketones (excluding diaryl/α,β-unsaturated/α-hetero) is 1. The zero-order valence-corrected chi connectivity index (χ0v) is 12.0. The predicted octanol–water partition coefficient (Wildman–Crippen LogP) is 1.44. The van der Waals surface area contributed by atoms with Crippen LogP contribution >= 0.6 is 0 Å². The summed E-state index contributed by atoms with van der Waals surface area (Å²) in [5, 5.41) is 6.68. The molecule has 0 fully saturated rings. The second-order valence-corrected chi connectivity index (χ2v) is 4.74. The minimum absolute atomic E-state index is 0.408.